The van der Waals surface area contributed by atoms with Gasteiger partial charge in [-0.3, -0.25) is 0 Å². The predicted octanol–water partition coefficient (Wildman–Crippen LogP) is 5.46. The monoisotopic (exact) mass is 254 g/mol. The molecule has 0 saturated heterocycles. The van der Waals surface area contributed by atoms with Crippen LogP contribution in [-0.2, 0) is 4.74 Å². The molecule has 18 heavy (non-hydrogen) atoms. The minimum absolute atomic E-state index is 0.406. The van der Waals surface area contributed by atoms with E-state index < -0.39 is 0 Å². The minimum atomic E-state index is 0.406. The highest BCUT2D eigenvalue weighted by molar-refractivity contribution is 4.99. The maximum absolute atomic E-state index is 5.32. The molecular formula is C17H34O. The number of hydrogen-bond acceptors (Lipinski definition) is 1. The summed E-state index contributed by atoms with van der Waals surface area (Å²) in [5, 5.41) is 0. The third-order valence-electron chi connectivity index (χ3n) is 4.69. The topological polar surface area (TPSA) is 9.23 Å². The van der Waals surface area contributed by atoms with Crippen LogP contribution in [0.3, 0.4) is 0 Å². The molecule has 108 valence electrons. The Labute approximate surface area is 115 Å². The van der Waals surface area contributed by atoms with Crippen LogP contribution in [0.2, 0.25) is 0 Å². The first-order valence-electron chi connectivity index (χ1n) is 7.57. The lowest BCUT2D eigenvalue weighted by Gasteiger charge is -2.23. The van der Waals surface area contributed by atoms with E-state index in [0.717, 1.165) is 17.8 Å². The van der Waals surface area contributed by atoms with Crippen molar-refractivity contribution in [1.29, 1.82) is 0 Å². The summed E-state index contributed by atoms with van der Waals surface area (Å²) in [5.41, 5.74) is 1.53. The number of methoxy groups -OCH3 is 1. The molecule has 0 saturated carbocycles. The lowest BCUT2D eigenvalue weighted by Crippen LogP contribution is -2.13. The number of hydrogen-bond donors (Lipinski definition) is 0. The summed E-state index contributed by atoms with van der Waals surface area (Å²) in [6.45, 7) is 13.7. The van der Waals surface area contributed by atoms with E-state index >= 15 is 0 Å². The van der Waals surface area contributed by atoms with Gasteiger partial charge in [0, 0.05) is 7.11 Å². The van der Waals surface area contributed by atoms with Crippen molar-refractivity contribution in [3.63, 3.8) is 0 Å². The summed E-state index contributed by atoms with van der Waals surface area (Å²) in [6.07, 6.45) is 7.79. The van der Waals surface area contributed by atoms with Crippen LogP contribution in [0.5, 0.6) is 0 Å². The summed E-state index contributed by atoms with van der Waals surface area (Å²) in [5.74, 6) is 2.37. The van der Waals surface area contributed by atoms with Crippen LogP contribution in [-0.4, -0.2) is 13.2 Å². The highest BCUT2D eigenvalue weighted by atomic mass is 16.5. The fraction of sp³-hybridized carbons (Fsp3) is 0.882. The molecule has 0 aromatic carbocycles. The Hall–Kier alpha value is -0.300. The Balaban J connectivity index is 3.90. The summed E-state index contributed by atoms with van der Waals surface area (Å²) in [6, 6.07) is 0. The van der Waals surface area contributed by atoms with E-state index in [1.807, 2.05) is 0 Å². The SMILES string of the molecule is C/C=C(\C)C(C)CCC(C)C(C)CCC(C)OC. The zero-order chi connectivity index (χ0) is 14.1. The normalized spacial score (nSPS) is 19.4. The third-order valence-corrected chi connectivity index (χ3v) is 4.69. The largest absolute Gasteiger partial charge is 0.382 e. The first-order chi connectivity index (χ1) is 8.42. The average Bonchev–Trinajstić information content (AvgIpc) is 2.39. The molecule has 4 unspecified atom stereocenters. The molecule has 0 bridgehead atoms. The van der Waals surface area contributed by atoms with Gasteiger partial charge in [0.1, 0.15) is 0 Å². The van der Waals surface area contributed by atoms with Crippen LogP contribution in [0.1, 0.15) is 67.2 Å². The van der Waals surface area contributed by atoms with Crippen LogP contribution in [0.15, 0.2) is 11.6 Å². The number of allylic oxidation sites excluding steroid dienone is 2. The van der Waals surface area contributed by atoms with Gasteiger partial charge in [-0.2, -0.15) is 0 Å². The molecule has 0 spiro atoms. The summed E-state index contributed by atoms with van der Waals surface area (Å²) in [4.78, 5) is 0. The van der Waals surface area contributed by atoms with Crippen LogP contribution in [0, 0.1) is 17.8 Å². The summed E-state index contributed by atoms with van der Waals surface area (Å²) >= 11 is 0. The van der Waals surface area contributed by atoms with Crippen molar-refractivity contribution in [2.45, 2.75) is 73.3 Å². The molecule has 0 aliphatic carbocycles. The number of rotatable bonds is 9. The van der Waals surface area contributed by atoms with E-state index in [1.165, 1.54) is 31.3 Å². The lowest BCUT2D eigenvalue weighted by atomic mass is 9.84. The van der Waals surface area contributed by atoms with E-state index in [0.29, 0.717) is 6.10 Å². The molecule has 0 heterocycles. The van der Waals surface area contributed by atoms with Gasteiger partial charge in [-0.1, -0.05) is 32.4 Å². The molecule has 0 fully saturated rings. The van der Waals surface area contributed by atoms with Crippen molar-refractivity contribution in [1.82, 2.24) is 0 Å². The molecule has 0 aromatic rings. The van der Waals surface area contributed by atoms with Crippen molar-refractivity contribution in [3.05, 3.63) is 11.6 Å². The minimum Gasteiger partial charge on any atom is -0.382 e. The van der Waals surface area contributed by atoms with E-state index in [2.05, 4.69) is 47.6 Å². The van der Waals surface area contributed by atoms with Crippen molar-refractivity contribution in [2.75, 3.05) is 7.11 Å². The van der Waals surface area contributed by atoms with Gasteiger partial charge in [-0.05, 0) is 64.2 Å². The number of ether oxygens (including phenoxy) is 1. The molecule has 1 heteroatoms. The van der Waals surface area contributed by atoms with E-state index in [4.69, 9.17) is 4.74 Å². The van der Waals surface area contributed by atoms with Crippen molar-refractivity contribution in [3.8, 4) is 0 Å². The Bertz CT molecular complexity index is 232. The smallest absolute Gasteiger partial charge is 0.0543 e. The first kappa shape index (κ1) is 17.7. The van der Waals surface area contributed by atoms with Crippen LogP contribution >= 0.6 is 0 Å². The average molecular weight is 254 g/mol. The summed E-state index contributed by atoms with van der Waals surface area (Å²) in [7, 11) is 1.81. The van der Waals surface area contributed by atoms with Gasteiger partial charge in [-0.25, -0.2) is 0 Å². The van der Waals surface area contributed by atoms with Crippen LogP contribution in [0.25, 0.3) is 0 Å². The molecule has 0 aromatic heterocycles. The Morgan fingerprint density at radius 2 is 1.44 bits per heavy atom. The molecule has 0 aliphatic rings. The van der Waals surface area contributed by atoms with Gasteiger partial charge in [-0.15, -0.1) is 0 Å². The van der Waals surface area contributed by atoms with Crippen molar-refractivity contribution < 1.29 is 4.74 Å². The molecule has 0 aliphatic heterocycles. The van der Waals surface area contributed by atoms with Crippen molar-refractivity contribution in [2.24, 2.45) is 17.8 Å². The quantitative estimate of drug-likeness (QED) is 0.497. The third kappa shape index (κ3) is 7.20. The lowest BCUT2D eigenvalue weighted by molar-refractivity contribution is 0.101. The second kappa shape index (κ2) is 9.61. The predicted molar refractivity (Wildman–Crippen MR) is 81.9 cm³/mol. The molecule has 1 nitrogen and oxygen atoms in total. The highest BCUT2D eigenvalue weighted by Gasteiger charge is 2.15. The summed E-state index contributed by atoms with van der Waals surface area (Å²) < 4.78 is 5.32. The van der Waals surface area contributed by atoms with E-state index in [1.54, 1.807) is 7.11 Å². The molecule has 0 rings (SSSR count). The fourth-order valence-electron chi connectivity index (χ4n) is 2.21. The fourth-order valence-corrected chi connectivity index (χ4v) is 2.21. The van der Waals surface area contributed by atoms with E-state index in [9.17, 15) is 0 Å². The zero-order valence-corrected chi connectivity index (χ0v) is 13.6. The first-order valence-corrected chi connectivity index (χ1v) is 7.57. The molecule has 4 atom stereocenters. The maximum atomic E-state index is 5.32. The van der Waals surface area contributed by atoms with Gasteiger partial charge in [0.05, 0.1) is 6.10 Å². The van der Waals surface area contributed by atoms with E-state index in [-0.39, 0.29) is 0 Å². The second-order valence-electron chi connectivity index (χ2n) is 6.09. The van der Waals surface area contributed by atoms with Crippen LogP contribution < -0.4 is 0 Å². The maximum Gasteiger partial charge on any atom is 0.0543 e. The van der Waals surface area contributed by atoms with Gasteiger partial charge >= 0.3 is 0 Å². The van der Waals surface area contributed by atoms with Crippen LogP contribution in [0.4, 0.5) is 0 Å². The highest BCUT2D eigenvalue weighted by Crippen LogP contribution is 2.26. The van der Waals surface area contributed by atoms with Gasteiger partial charge in [0.2, 0.25) is 0 Å². The van der Waals surface area contributed by atoms with Gasteiger partial charge < -0.3 is 4.74 Å². The Kier molecular flexibility index (Phi) is 9.45. The van der Waals surface area contributed by atoms with Crippen molar-refractivity contribution >= 4 is 0 Å². The zero-order valence-electron chi connectivity index (χ0n) is 13.6. The second-order valence-corrected chi connectivity index (χ2v) is 6.09. The Morgan fingerprint density at radius 1 is 0.944 bits per heavy atom. The molecule has 0 radical (unpaired) electrons. The van der Waals surface area contributed by atoms with Gasteiger partial charge in [0.25, 0.3) is 0 Å². The molecule has 0 N–H and O–H groups in total. The molecular weight excluding hydrogens is 220 g/mol. The standard InChI is InChI=1S/C17H34O/c1-8-13(2)14(3)9-10-15(4)16(5)11-12-17(6)18-7/h8,14-17H,9-12H2,1-7H3/b13-8+. The molecule has 0 amide bonds. The Morgan fingerprint density at radius 3 is 1.89 bits per heavy atom. The van der Waals surface area contributed by atoms with Gasteiger partial charge in [0.15, 0.2) is 0 Å².